The third-order valence-corrected chi connectivity index (χ3v) is 1.95. The Morgan fingerprint density at radius 2 is 1.67 bits per heavy atom. The second kappa shape index (κ2) is 7.86. The molecule has 0 unspecified atom stereocenters. The summed E-state index contributed by atoms with van der Waals surface area (Å²) in [5, 5.41) is 0. The van der Waals surface area contributed by atoms with Gasteiger partial charge in [-0.1, -0.05) is 55.8 Å². The Labute approximate surface area is 93.3 Å². The Bertz CT molecular complexity index is 320. The van der Waals surface area contributed by atoms with E-state index in [1.165, 1.54) is 5.57 Å². The topological polar surface area (TPSA) is 26.0 Å². The predicted octanol–water partition coefficient (Wildman–Crippen LogP) is 3.98. The summed E-state index contributed by atoms with van der Waals surface area (Å²) < 4.78 is 0. The molecule has 15 heavy (non-hydrogen) atoms. The van der Waals surface area contributed by atoms with Crippen molar-refractivity contribution in [1.29, 1.82) is 0 Å². The van der Waals surface area contributed by atoms with Gasteiger partial charge in [-0.05, 0) is 25.5 Å². The lowest BCUT2D eigenvalue weighted by molar-refractivity contribution is 1.44. The average molecular weight is 203 g/mol. The van der Waals surface area contributed by atoms with E-state index in [0.29, 0.717) is 0 Å². The summed E-state index contributed by atoms with van der Waals surface area (Å²) in [5.74, 6) is 0. The van der Waals surface area contributed by atoms with E-state index in [0.717, 1.165) is 11.3 Å². The van der Waals surface area contributed by atoms with Crippen molar-refractivity contribution >= 4 is 5.70 Å². The second-order valence-electron chi connectivity index (χ2n) is 3.00. The standard InChI is InChI=1S/C12H15N.C2H6/c1-3-10(2)9-12(13)11-7-5-4-6-8-11;1-2/h3-9H,13H2,1-2H3;1-2H3/b10-3-,12-9-;. The molecule has 0 aliphatic carbocycles. The Morgan fingerprint density at radius 1 is 1.13 bits per heavy atom. The number of hydrogen-bond donors (Lipinski definition) is 1. The van der Waals surface area contributed by atoms with Gasteiger partial charge in [0.15, 0.2) is 0 Å². The van der Waals surface area contributed by atoms with Gasteiger partial charge in [0.1, 0.15) is 0 Å². The fourth-order valence-corrected chi connectivity index (χ4v) is 1.04. The minimum atomic E-state index is 0.816. The molecular formula is C14H21N. The summed E-state index contributed by atoms with van der Waals surface area (Å²) in [6.45, 7) is 8.04. The minimum Gasteiger partial charge on any atom is -0.398 e. The quantitative estimate of drug-likeness (QED) is 0.723. The van der Waals surface area contributed by atoms with Crippen LogP contribution in [0.4, 0.5) is 0 Å². The summed E-state index contributed by atoms with van der Waals surface area (Å²) in [6, 6.07) is 9.98. The van der Waals surface area contributed by atoms with Crippen molar-refractivity contribution in [1.82, 2.24) is 0 Å². The number of nitrogens with two attached hydrogens (primary N) is 1. The van der Waals surface area contributed by atoms with Gasteiger partial charge in [0.2, 0.25) is 0 Å². The zero-order valence-electron chi connectivity index (χ0n) is 10.1. The van der Waals surface area contributed by atoms with Gasteiger partial charge in [0.25, 0.3) is 0 Å². The normalized spacial score (nSPS) is 11.7. The summed E-state index contributed by atoms with van der Waals surface area (Å²) in [7, 11) is 0. The molecule has 82 valence electrons. The minimum absolute atomic E-state index is 0.816. The van der Waals surface area contributed by atoms with Crippen molar-refractivity contribution in [3.05, 3.63) is 53.6 Å². The van der Waals surface area contributed by atoms with Crippen LogP contribution in [0, 0.1) is 0 Å². The summed E-state index contributed by atoms with van der Waals surface area (Å²) in [5.41, 5.74) is 8.96. The predicted molar refractivity (Wildman–Crippen MR) is 69.4 cm³/mol. The van der Waals surface area contributed by atoms with E-state index in [-0.39, 0.29) is 0 Å². The summed E-state index contributed by atoms with van der Waals surface area (Å²) in [6.07, 6.45) is 4.02. The van der Waals surface area contributed by atoms with Crippen LogP contribution in [0.15, 0.2) is 48.1 Å². The largest absolute Gasteiger partial charge is 0.398 e. The molecule has 0 saturated carbocycles. The molecule has 0 saturated heterocycles. The highest BCUT2D eigenvalue weighted by molar-refractivity contribution is 5.64. The molecule has 0 aliphatic heterocycles. The van der Waals surface area contributed by atoms with Crippen LogP contribution in [-0.2, 0) is 0 Å². The van der Waals surface area contributed by atoms with Crippen LogP contribution in [0.25, 0.3) is 5.70 Å². The molecule has 1 aromatic rings. The summed E-state index contributed by atoms with van der Waals surface area (Å²) in [4.78, 5) is 0. The van der Waals surface area contributed by atoms with E-state index in [9.17, 15) is 0 Å². The molecule has 0 aromatic heterocycles. The maximum atomic E-state index is 5.89. The van der Waals surface area contributed by atoms with Crippen molar-refractivity contribution in [2.24, 2.45) is 5.73 Å². The highest BCUT2D eigenvalue weighted by atomic mass is 14.6. The first-order valence-electron chi connectivity index (χ1n) is 5.39. The molecule has 1 aromatic carbocycles. The van der Waals surface area contributed by atoms with Crippen molar-refractivity contribution in [3.8, 4) is 0 Å². The lowest BCUT2D eigenvalue weighted by atomic mass is 10.1. The molecule has 0 bridgehead atoms. The molecule has 1 nitrogen and oxygen atoms in total. The van der Waals surface area contributed by atoms with Gasteiger partial charge in [-0.2, -0.15) is 0 Å². The SMILES string of the molecule is C/C=C(C)\C=C(/N)c1ccccc1.CC. The highest BCUT2D eigenvalue weighted by Crippen LogP contribution is 2.10. The Kier molecular flexibility index (Phi) is 7.08. The van der Waals surface area contributed by atoms with Crippen LogP contribution >= 0.6 is 0 Å². The third kappa shape index (κ3) is 5.06. The highest BCUT2D eigenvalue weighted by Gasteiger charge is 1.93. The first-order chi connectivity index (χ1) is 7.24. The van der Waals surface area contributed by atoms with E-state index in [1.807, 2.05) is 70.2 Å². The van der Waals surface area contributed by atoms with E-state index in [2.05, 4.69) is 0 Å². The van der Waals surface area contributed by atoms with E-state index in [1.54, 1.807) is 0 Å². The van der Waals surface area contributed by atoms with Crippen molar-refractivity contribution in [2.45, 2.75) is 27.7 Å². The molecule has 2 N–H and O–H groups in total. The van der Waals surface area contributed by atoms with Crippen LogP contribution in [0.1, 0.15) is 33.3 Å². The lowest BCUT2D eigenvalue weighted by Crippen LogP contribution is -1.95. The van der Waals surface area contributed by atoms with E-state index in [4.69, 9.17) is 5.73 Å². The maximum absolute atomic E-state index is 5.89. The second-order valence-corrected chi connectivity index (χ2v) is 3.00. The van der Waals surface area contributed by atoms with Crippen LogP contribution in [0.2, 0.25) is 0 Å². The van der Waals surface area contributed by atoms with Crippen molar-refractivity contribution in [3.63, 3.8) is 0 Å². The van der Waals surface area contributed by atoms with Crippen LogP contribution in [0.3, 0.4) is 0 Å². The smallest absolute Gasteiger partial charge is 0.0390 e. The van der Waals surface area contributed by atoms with Crippen molar-refractivity contribution in [2.75, 3.05) is 0 Å². The fourth-order valence-electron chi connectivity index (χ4n) is 1.04. The zero-order chi connectivity index (χ0) is 11.7. The number of rotatable bonds is 2. The molecule has 1 heteroatoms. The fraction of sp³-hybridized carbons (Fsp3) is 0.286. The molecule has 1 rings (SSSR count). The Morgan fingerprint density at radius 3 is 2.13 bits per heavy atom. The van der Waals surface area contributed by atoms with Gasteiger partial charge in [-0.3, -0.25) is 0 Å². The molecule has 0 aliphatic rings. The van der Waals surface area contributed by atoms with Crippen LogP contribution < -0.4 is 5.73 Å². The molecule has 0 heterocycles. The Balaban J connectivity index is 0.000000921. The molecule has 0 atom stereocenters. The number of hydrogen-bond acceptors (Lipinski definition) is 1. The first-order valence-corrected chi connectivity index (χ1v) is 5.39. The van der Waals surface area contributed by atoms with Gasteiger partial charge in [-0.15, -0.1) is 0 Å². The number of benzene rings is 1. The molecule has 0 radical (unpaired) electrons. The number of allylic oxidation sites excluding steroid dienone is 3. The van der Waals surface area contributed by atoms with Gasteiger partial charge in [0, 0.05) is 5.70 Å². The average Bonchev–Trinajstić information content (AvgIpc) is 2.32. The van der Waals surface area contributed by atoms with Crippen LogP contribution in [-0.4, -0.2) is 0 Å². The zero-order valence-corrected chi connectivity index (χ0v) is 10.1. The van der Waals surface area contributed by atoms with Gasteiger partial charge >= 0.3 is 0 Å². The molecule has 0 spiro atoms. The van der Waals surface area contributed by atoms with Gasteiger partial charge in [-0.25, -0.2) is 0 Å². The monoisotopic (exact) mass is 203 g/mol. The van der Waals surface area contributed by atoms with Gasteiger partial charge < -0.3 is 5.73 Å². The van der Waals surface area contributed by atoms with Gasteiger partial charge in [0.05, 0.1) is 0 Å². The van der Waals surface area contributed by atoms with Crippen molar-refractivity contribution < 1.29 is 0 Å². The van der Waals surface area contributed by atoms with Crippen LogP contribution in [0.5, 0.6) is 0 Å². The maximum Gasteiger partial charge on any atom is 0.0390 e. The van der Waals surface area contributed by atoms with E-state index < -0.39 is 0 Å². The summed E-state index contributed by atoms with van der Waals surface area (Å²) >= 11 is 0. The lowest BCUT2D eigenvalue weighted by Gasteiger charge is -2.00. The molecular weight excluding hydrogens is 182 g/mol. The third-order valence-electron chi connectivity index (χ3n) is 1.95. The molecule has 0 amide bonds. The Hall–Kier alpha value is -1.50. The van der Waals surface area contributed by atoms with E-state index >= 15 is 0 Å². The molecule has 0 fully saturated rings. The first kappa shape index (κ1) is 13.5.